The molecule has 117 heavy (non-hydrogen) atoms. The summed E-state index contributed by atoms with van der Waals surface area (Å²) < 4.78 is 187. The molecule has 0 bridgehead atoms. The molecule has 0 aromatic carbocycles. The van der Waals surface area contributed by atoms with Crippen LogP contribution in [-0.2, 0) is 52.4 Å². The van der Waals surface area contributed by atoms with Crippen LogP contribution in [0.1, 0.15) is 124 Å². The Morgan fingerprint density at radius 2 is 0.658 bits per heavy atom. The predicted octanol–water partition coefficient (Wildman–Crippen LogP) is 11.1. The second-order valence-electron chi connectivity index (χ2n) is 32.5. The first-order valence-electron chi connectivity index (χ1n) is 39.1. The number of halogens is 12. The van der Waals surface area contributed by atoms with Crippen molar-refractivity contribution >= 4 is 51.5 Å². The number of hydrogen-bond acceptors (Lipinski definition) is 24. The molecule has 0 spiro atoms. The average molecular weight is 1650 g/mol. The van der Waals surface area contributed by atoms with Crippen LogP contribution < -0.4 is 37.6 Å². The highest BCUT2D eigenvalue weighted by Gasteiger charge is 2.55. The van der Waals surface area contributed by atoms with Crippen LogP contribution in [0.15, 0.2) is 55.0 Å². The molecule has 39 heteroatoms. The average Bonchev–Trinajstić information content (AvgIpc) is 1.62. The Labute approximate surface area is 667 Å². The highest BCUT2D eigenvalue weighted by atomic mass is 19.4. The van der Waals surface area contributed by atoms with Gasteiger partial charge in [0.25, 0.3) is 0 Å². The van der Waals surface area contributed by atoms with Gasteiger partial charge in [0.05, 0.1) is 78.6 Å². The topological polar surface area (TPSA) is 321 Å². The van der Waals surface area contributed by atoms with Crippen molar-refractivity contribution in [2.75, 3.05) is 150 Å². The van der Waals surface area contributed by atoms with Gasteiger partial charge >= 0.3 is 24.7 Å². The predicted molar refractivity (Wildman–Crippen MR) is 415 cm³/mol. The molecule has 1 unspecified atom stereocenters. The van der Waals surface area contributed by atoms with Crippen LogP contribution in [0.4, 0.5) is 87.6 Å². The number of nitrogen functional groups attached to an aromatic ring is 3. The standard InChI is InChI=1S/C26H31F6N7O2.C26H35F3N8O.C26H34F3N7O2/c1-15-16(14-37-5-3-17(4-6-37)24(2,40)26(30,31)32)11-20-23(38-7-9-41-10-8-38)35-22(36-39(15)20)18-13-34-21(33)12-19(18)25(27,28)29;1-16-17(15-35-6-4-18(5-7-35)25(2,3)31)12-21-24(36-8-10-38-11-9-36)33-23(34-37(16)21)19-14-32-22(30)13-20(19)26(27,28)29;1-16-17(15-34-6-4-18(5-7-34)25(2,3)37)12-21-24(35-8-10-38-11-9-35)32-23(33-36(16)21)19-14-31-22(30)13-20(19)26(27,28)29/h11-13,17,40H,3-10,14H2,1-2H3,(H2,33,34);12-14,18H,4-11,15,31H2,1-3H3,(H2,30,32);12-14,18,37H,4-11,15H2,1-3H3,(H2,30,31). The Morgan fingerprint density at radius 1 is 0.393 bits per heavy atom. The number of likely N-dealkylation sites (tertiary alicyclic amines) is 3. The summed E-state index contributed by atoms with van der Waals surface area (Å²) in [6.07, 6.45) is -11.3. The molecule has 0 amide bonds. The lowest BCUT2D eigenvalue weighted by atomic mass is 9.81. The molecular weight excluding hydrogens is 1550 g/mol. The summed E-state index contributed by atoms with van der Waals surface area (Å²) in [5.74, 6) is 0.430. The minimum absolute atomic E-state index is 0.0462. The van der Waals surface area contributed by atoms with Crippen molar-refractivity contribution in [1.82, 2.24) is 73.4 Å². The number of piperidine rings is 3. The number of aromatic nitrogens is 12. The van der Waals surface area contributed by atoms with Crippen molar-refractivity contribution in [3.8, 4) is 34.2 Å². The molecule has 15 heterocycles. The van der Waals surface area contributed by atoms with Gasteiger partial charge in [-0.05, 0) is 204 Å². The lowest BCUT2D eigenvalue weighted by molar-refractivity contribution is -0.275. The maximum atomic E-state index is 13.9. The molecule has 6 fully saturated rings. The number of morpholine rings is 3. The number of alkyl halides is 12. The maximum absolute atomic E-state index is 13.9. The molecule has 6 saturated heterocycles. The van der Waals surface area contributed by atoms with Crippen molar-refractivity contribution in [2.24, 2.45) is 23.5 Å². The van der Waals surface area contributed by atoms with Crippen molar-refractivity contribution in [3.05, 3.63) is 105 Å². The van der Waals surface area contributed by atoms with E-state index in [0.717, 1.165) is 141 Å². The van der Waals surface area contributed by atoms with Gasteiger partial charge in [0.15, 0.2) is 40.5 Å². The molecule has 0 aliphatic carbocycles. The van der Waals surface area contributed by atoms with Crippen LogP contribution in [-0.4, -0.2) is 225 Å². The van der Waals surface area contributed by atoms with Gasteiger partial charge in [-0.25, -0.2) is 43.5 Å². The molecule has 27 nitrogen and oxygen atoms in total. The minimum atomic E-state index is -4.72. The molecule has 0 radical (unpaired) electrons. The third kappa shape index (κ3) is 19.0. The van der Waals surface area contributed by atoms with Crippen LogP contribution in [0.3, 0.4) is 0 Å². The Kier molecular flexibility index (Phi) is 24.6. The quantitative estimate of drug-likeness (QED) is 0.0519. The van der Waals surface area contributed by atoms with Crippen LogP contribution in [0.5, 0.6) is 0 Å². The summed E-state index contributed by atoms with van der Waals surface area (Å²) in [5, 5.41) is 34.1. The van der Waals surface area contributed by atoms with E-state index < -0.39 is 58.5 Å². The fraction of sp³-hybridized carbons (Fsp3) is 0.577. The Balaban J connectivity index is 0.000000153. The number of nitrogens with zero attached hydrogens (tertiary/aromatic N) is 18. The largest absolute Gasteiger partial charge is 0.417 e. The van der Waals surface area contributed by atoms with E-state index in [0.29, 0.717) is 140 Å². The summed E-state index contributed by atoms with van der Waals surface area (Å²) in [6.45, 7) is 26.6. The van der Waals surface area contributed by atoms with E-state index in [1.165, 1.54) is 0 Å². The van der Waals surface area contributed by atoms with Gasteiger partial charge in [-0.1, -0.05) is 0 Å². The minimum Gasteiger partial charge on any atom is -0.390 e. The van der Waals surface area contributed by atoms with Crippen molar-refractivity contribution < 1.29 is 77.1 Å². The molecule has 9 aromatic rings. The summed E-state index contributed by atoms with van der Waals surface area (Å²) >= 11 is 0. The lowest BCUT2D eigenvalue weighted by Gasteiger charge is -2.40. The van der Waals surface area contributed by atoms with Gasteiger partial charge < -0.3 is 62.1 Å². The molecule has 6 aliphatic heterocycles. The van der Waals surface area contributed by atoms with Crippen LogP contribution in [0, 0.1) is 38.5 Å². The zero-order chi connectivity index (χ0) is 84.2. The smallest absolute Gasteiger partial charge is 0.390 e. The van der Waals surface area contributed by atoms with E-state index in [-0.39, 0.29) is 75.9 Å². The van der Waals surface area contributed by atoms with E-state index in [1.807, 2.05) is 59.4 Å². The molecule has 9 aromatic heterocycles. The van der Waals surface area contributed by atoms with E-state index in [2.05, 4.69) is 74.9 Å². The number of ether oxygens (including phenoxy) is 3. The van der Waals surface area contributed by atoms with E-state index in [4.69, 9.17) is 37.1 Å². The number of fused-ring (bicyclic) bond motifs is 3. The van der Waals surface area contributed by atoms with Crippen LogP contribution in [0.2, 0.25) is 0 Å². The highest BCUT2D eigenvalue weighted by Crippen LogP contribution is 2.45. The Hall–Kier alpha value is -9.09. The molecule has 6 aliphatic rings. The number of pyridine rings is 3. The van der Waals surface area contributed by atoms with Crippen molar-refractivity contribution in [3.63, 3.8) is 0 Å². The molecule has 636 valence electrons. The summed E-state index contributed by atoms with van der Waals surface area (Å²) in [4.78, 5) is 38.3. The first-order valence-corrected chi connectivity index (χ1v) is 39.1. The number of aryl methyl sites for hydroxylation is 3. The third-order valence-electron chi connectivity index (χ3n) is 23.6. The van der Waals surface area contributed by atoms with Gasteiger partial charge in [-0.15, -0.1) is 15.3 Å². The van der Waals surface area contributed by atoms with Gasteiger partial charge in [0.2, 0.25) is 0 Å². The Bertz CT molecular complexity index is 4790. The van der Waals surface area contributed by atoms with Gasteiger partial charge in [-0.3, -0.25) is 14.7 Å². The van der Waals surface area contributed by atoms with E-state index in [9.17, 15) is 62.9 Å². The fourth-order valence-corrected chi connectivity index (χ4v) is 16.4. The molecule has 0 saturated carbocycles. The molecule has 15 rings (SSSR count). The highest BCUT2D eigenvalue weighted by molar-refractivity contribution is 5.78. The van der Waals surface area contributed by atoms with Gasteiger partial charge in [0, 0.05) is 100 Å². The third-order valence-corrected chi connectivity index (χ3v) is 23.6. The van der Waals surface area contributed by atoms with Gasteiger partial charge in [-0.2, -0.15) is 52.7 Å². The number of rotatable bonds is 15. The zero-order valence-electron chi connectivity index (χ0n) is 66.5. The number of nitrogens with two attached hydrogens (primary N) is 4. The first-order chi connectivity index (χ1) is 55.0. The summed E-state index contributed by atoms with van der Waals surface area (Å²) in [7, 11) is 0. The summed E-state index contributed by atoms with van der Waals surface area (Å²) in [6, 6.07) is 8.38. The number of aliphatic hydroxyl groups is 2. The van der Waals surface area contributed by atoms with Crippen molar-refractivity contribution in [2.45, 2.75) is 155 Å². The second-order valence-corrected chi connectivity index (χ2v) is 32.5. The molecule has 1 atom stereocenters. The summed E-state index contributed by atoms with van der Waals surface area (Å²) in [5.41, 5.74) is 23.3. The fourth-order valence-electron chi connectivity index (χ4n) is 16.4. The normalized spacial score (nSPS) is 18.8. The molecular formula is C78H100F12N22O5. The second kappa shape index (κ2) is 33.6. The number of hydrogen-bond donors (Lipinski definition) is 6. The SMILES string of the molecule is Cc1c(CN2CCC(C(C)(C)N)CC2)cc2c(N3CCOCC3)nc(-c3cnc(N)cc3C(F)(F)F)nn12.Cc1c(CN2CCC(C(C)(C)O)CC2)cc2c(N3CCOCC3)nc(-c3cnc(N)cc3C(F)(F)F)nn12.Cc1c(CN2CCC(C(C)(O)C(F)(F)F)CC2)cc2c(N3CCOCC3)nc(-c3cnc(N)cc3C(F)(F)F)nn12. The molecule has 10 N–H and O–H groups in total. The Morgan fingerprint density at radius 3 is 0.906 bits per heavy atom. The van der Waals surface area contributed by atoms with Crippen LogP contribution in [0.25, 0.3) is 50.7 Å². The first kappa shape index (κ1) is 85.8. The zero-order valence-corrected chi connectivity index (χ0v) is 66.5. The lowest BCUT2D eigenvalue weighted by Crippen LogP contribution is -2.52. The van der Waals surface area contributed by atoms with E-state index in [1.54, 1.807) is 20.5 Å². The van der Waals surface area contributed by atoms with Gasteiger partial charge in [0.1, 0.15) is 34.0 Å². The van der Waals surface area contributed by atoms with Crippen LogP contribution >= 0.6 is 0 Å². The van der Waals surface area contributed by atoms with E-state index >= 15 is 0 Å². The van der Waals surface area contributed by atoms with Crippen molar-refractivity contribution in [1.29, 1.82) is 0 Å². The number of anilines is 6. The monoisotopic (exact) mass is 1650 g/mol. The maximum Gasteiger partial charge on any atom is 0.417 e.